The van der Waals surface area contributed by atoms with E-state index in [9.17, 15) is 0 Å². The lowest BCUT2D eigenvalue weighted by atomic mass is 9.99. The molecule has 1 heterocycles. The van der Waals surface area contributed by atoms with Gasteiger partial charge in [-0.05, 0) is 44.9 Å². The lowest BCUT2D eigenvalue weighted by Gasteiger charge is -2.22. The Morgan fingerprint density at radius 2 is 2.28 bits per heavy atom. The highest BCUT2D eigenvalue weighted by Gasteiger charge is 2.29. The van der Waals surface area contributed by atoms with Crippen molar-refractivity contribution in [1.29, 1.82) is 0 Å². The summed E-state index contributed by atoms with van der Waals surface area (Å²) in [5.41, 5.74) is 7.36. The molecule has 3 unspecified atom stereocenters. The molecule has 0 spiro atoms. The maximum absolute atomic E-state index is 6.34. The zero-order valence-electron chi connectivity index (χ0n) is 10.9. The molecular weight excluding hydrogens is 294 g/mol. The number of nitrogens with two attached hydrogens (primary N) is 1. The fourth-order valence-corrected chi connectivity index (χ4v) is 2.74. The minimum Gasteiger partial charge on any atom is -0.494 e. The van der Waals surface area contributed by atoms with E-state index in [4.69, 9.17) is 15.2 Å². The molecule has 0 radical (unpaired) electrons. The van der Waals surface area contributed by atoms with E-state index in [1.807, 2.05) is 25.1 Å². The van der Waals surface area contributed by atoms with Crippen molar-refractivity contribution < 1.29 is 9.47 Å². The van der Waals surface area contributed by atoms with E-state index in [1.54, 1.807) is 0 Å². The molecule has 1 aromatic rings. The molecule has 3 nitrogen and oxygen atoms in total. The van der Waals surface area contributed by atoms with Gasteiger partial charge < -0.3 is 15.2 Å². The Morgan fingerprint density at radius 1 is 1.50 bits per heavy atom. The summed E-state index contributed by atoms with van der Waals surface area (Å²) in [6.45, 7) is 4.71. The van der Waals surface area contributed by atoms with Crippen LogP contribution in [-0.4, -0.2) is 18.8 Å². The van der Waals surface area contributed by atoms with Crippen LogP contribution in [0.5, 0.6) is 5.75 Å². The lowest BCUT2D eigenvalue weighted by molar-refractivity contribution is 0.0395. The third-order valence-corrected chi connectivity index (χ3v) is 3.79. The Kier molecular flexibility index (Phi) is 4.65. The number of rotatable bonds is 4. The zero-order chi connectivity index (χ0) is 13.1. The van der Waals surface area contributed by atoms with Crippen molar-refractivity contribution in [3.8, 4) is 5.75 Å². The summed E-state index contributed by atoms with van der Waals surface area (Å²) < 4.78 is 12.5. The number of benzene rings is 1. The quantitative estimate of drug-likeness (QED) is 0.926. The van der Waals surface area contributed by atoms with Gasteiger partial charge in [0, 0.05) is 10.0 Å². The fourth-order valence-electron chi connectivity index (χ4n) is 2.36. The molecule has 18 heavy (non-hydrogen) atoms. The minimum atomic E-state index is -0.131. The topological polar surface area (TPSA) is 44.5 Å². The molecule has 1 aromatic carbocycles. The van der Waals surface area contributed by atoms with Crippen molar-refractivity contribution in [2.24, 2.45) is 5.73 Å². The molecule has 0 saturated carbocycles. The van der Waals surface area contributed by atoms with Gasteiger partial charge in [-0.25, -0.2) is 0 Å². The molecule has 2 N–H and O–H groups in total. The average molecular weight is 314 g/mol. The number of ether oxygens (including phenoxy) is 2. The van der Waals surface area contributed by atoms with Crippen LogP contribution in [0.2, 0.25) is 0 Å². The summed E-state index contributed by atoms with van der Waals surface area (Å²) in [5.74, 6) is 0.858. The molecular formula is C14H20BrNO2. The SMILES string of the molecule is CCOc1ccc(Br)cc1C(N)C1CCC(C)O1. The van der Waals surface area contributed by atoms with Crippen LogP contribution in [0.25, 0.3) is 0 Å². The minimum absolute atomic E-state index is 0.0912. The molecule has 1 fully saturated rings. The highest BCUT2D eigenvalue weighted by Crippen LogP contribution is 2.34. The third kappa shape index (κ3) is 3.05. The molecule has 100 valence electrons. The Hall–Kier alpha value is -0.580. The predicted molar refractivity (Wildman–Crippen MR) is 75.8 cm³/mol. The first-order chi connectivity index (χ1) is 8.61. The summed E-state index contributed by atoms with van der Waals surface area (Å²) in [5, 5.41) is 0. The van der Waals surface area contributed by atoms with E-state index in [1.165, 1.54) is 0 Å². The Labute approximate surface area is 117 Å². The highest BCUT2D eigenvalue weighted by atomic mass is 79.9. The number of hydrogen-bond acceptors (Lipinski definition) is 3. The highest BCUT2D eigenvalue weighted by molar-refractivity contribution is 9.10. The van der Waals surface area contributed by atoms with Gasteiger partial charge in [-0.3, -0.25) is 0 Å². The maximum atomic E-state index is 6.34. The molecule has 1 aliphatic rings. The first kappa shape index (κ1) is 13.8. The van der Waals surface area contributed by atoms with Crippen LogP contribution in [0.4, 0.5) is 0 Å². The van der Waals surface area contributed by atoms with Crippen LogP contribution in [0.1, 0.15) is 38.3 Å². The molecule has 0 aromatic heterocycles. The van der Waals surface area contributed by atoms with Crippen molar-refractivity contribution in [3.63, 3.8) is 0 Å². The third-order valence-electron chi connectivity index (χ3n) is 3.30. The predicted octanol–water partition coefficient (Wildman–Crippen LogP) is 3.42. The van der Waals surface area contributed by atoms with Crippen molar-refractivity contribution in [2.75, 3.05) is 6.61 Å². The second-order valence-corrected chi connectivity index (χ2v) is 5.62. The van der Waals surface area contributed by atoms with Gasteiger partial charge in [-0.1, -0.05) is 15.9 Å². The number of halogens is 1. The van der Waals surface area contributed by atoms with Gasteiger partial charge in [0.05, 0.1) is 24.9 Å². The Balaban J connectivity index is 2.22. The molecule has 0 amide bonds. The van der Waals surface area contributed by atoms with E-state index in [-0.39, 0.29) is 12.1 Å². The van der Waals surface area contributed by atoms with Crippen LogP contribution in [-0.2, 0) is 4.74 Å². The molecule has 4 heteroatoms. The van der Waals surface area contributed by atoms with Gasteiger partial charge in [0.15, 0.2) is 0 Å². The first-order valence-electron chi connectivity index (χ1n) is 6.45. The first-order valence-corrected chi connectivity index (χ1v) is 7.24. The van der Waals surface area contributed by atoms with Crippen LogP contribution in [0.15, 0.2) is 22.7 Å². The Morgan fingerprint density at radius 3 is 2.89 bits per heavy atom. The summed E-state index contributed by atoms with van der Waals surface area (Å²) in [6.07, 6.45) is 2.49. The summed E-state index contributed by atoms with van der Waals surface area (Å²) >= 11 is 3.48. The zero-order valence-corrected chi connectivity index (χ0v) is 12.4. The van der Waals surface area contributed by atoms with E-state index >= 15 is 0 Å². The van der Waals surface area contributed by atoms with Crippen LogP contribution in [0.3, 0.4) is 0 Å². The second kappa shape index (κ2) is 6.04. The van der Waals surface area contributed by atoms with E-state index in [0.29, 0.717) is 12.7 Å². The largest absolute Gasteiger partial charge is 0.494 e. The van der Waals surface area contributed by atoms with Crippen molar-refractivity contribution >= 4 is 15.9 Å². The van der Waals surface area contributed by atoms with Gasteiger partial charge in [-0.15, -0.1) is 0 Å². The molecule has 0 aliphatic carbocycles. The van der Waals surface area contributed by atoms with Crippen LogP contribution < -0.4 is 10.5 Å². The molecule has 0 bridgehead atoms. The van der Waals surface area contributed by atoms with Crippen LogP contribution >= 0.6 is 15.9 Å². The van der Waals surface area contributed by atoms with E-state index in [0.717, 1.165) is 28.6 Å². The second-order valence-electron chi connectivity index (χ2n) is 4.70. The van der Waals surface area contributed by atoms with Gasteiger partial charge in [0.2, 0.25) is 0 Å². The van der Waals surface area contributed by atoms with Crippen molar-refractivity contribution in [3.05, 3.63) is 28.2 Å². The average Bonchev–Trinajstić information content (AvgIpc) is 2.77. The summed E-state index contributed by atoms with van der Waals surface area (Å²) in [6, 6.07) is 5.83. The van der Waals surface area contributed by atoms with Gasteiger partial charge in [-0.2, -0.15) is 0 Å². The van der Waals surface area contributed by atoms with Gasteiger partial charge >= 0.3 is 0 Å². The normalized spacial score (nSPS) is 25.1. The molecule has 1 saturated heterocycles. The fraction of sp³-hybridized carbons (Fsp3) is 0.571. The monoisotopic (exact) mass is 313 g/mol. The smallest absolute Gasteiger partial charge is 0.124 e. The van der Waals surface area contributed by atoms with Gasteiger partial charge in [0.25, 0.3) is 0 Å². The standard InChI is InChI=1S/C14H20BrNO2/c1-3-17-12-7-5-10(15)8-11(12)14(16)13-6-4-9(2)18-13/h5,7-9,13-14H,3-4,6,16H2,1-2H3. The Bertz CT molecular complexity index is 411. The van der Waals surface area contributed by atoms with E-state index in [2.05, 4.69) is 22.9 Å². The van der Waals surface area contributed by atoms with Gasteiger partial charge in [0.1, 0.15) is 5.75 Å². The summed E-state index contributed by atoms with van der Waals surface area (Å²) in [7, 11) is 0. The van der Waals surface area contributed by atoms with Crippen molar-refractivity contribution in [1.82, 2.24) is 0 Å². The number of hydrogen-bond donors (Lipinski definition) is 1. The maximum Gasteiger partial charge on any atom is 0.124 e. The molecule has 3 atom stereocenters. The van der Waals surface area contributed by atoms with E-state index < -0.39 is 0 Å². The molecule has 2 rings (SSSR count). The summed E-state index contributed by atoms with van der Waals surface area (Å²) in [4.78, 5) is 0. The lowest BCUT2D eigenvalue weighted by Crippen LogP contribution is -2.27. The van der Waals surface area contributed by atoms with Crippen molar-refractivity contribution in [2.45, 2.75) is 44.9 Å². The van der Waals surface area contributed by atoms with Crippen LogP contribution in [0, 0.1) is 0 Å². The molecule has 1 aliphatic heterocycles.